The number of hydrogen-bond donors (Lipinski definition) is 3. The maximum Gasteiger partial charge on any atom is 0.241 e. The predicted molar refractivity (Wildman–Crippen MR) is 110 cm³/mol. The van der Waals surface area contributed by atoms with Gasteiger partial charge in [-0.2, -0.15) is 4.72 Å². The van der Waals surface area contributed by atoms with E-state index in [1.54, 1.807) is 13.0 Å². The standard InChI is InChI=1S/C20H24FN3O5S/c1-13(12-29-19-7-5-4-6-18(19)21)22-20(26)14(2)24-30(27,28)17-10-8-16(9-11-17)23-15(3)25/h4-11,13-14,24H,12H2,1-3H3,(H,22,26)(H,23,25)/t13?,14-/m0/s1. The number of amides is 2. The fraction of sp³-hybridized carbons (Fsp3) is 0.300. The maximum absolute atomic E-state index is 13.6. The zero-order valence-electron chi connectivity index (χ0n) is 16.8. The van der Waals surface area contributed by atoms with Crippen LogP contribution in [0, 0.1) is 5.82 Å². The van der Waals surface area contributed by atoms with Crippen LogP contribution in [0.25, 0.3) is 0 Å². The van der Waals surface area contributed by atoms with Crippen LogP contribution in [0.4, 0.5) is 10.1 Å². The molecule has 2 amide bonds. The quantitative estimate of drug-likeness (QED) is 0.556. The summed E-state index contributed by atoms with van der Waals surface area (Å²) in [5.74, 6) is -1.28. The lowest BCUT2D eigenvalue weighted by molar-refractivity contribution is -0.123. The van der Waals surface area contributed by atoms with Gasteiger partial charge >= 0.3 is 0 Å². The molecule has 0 aliphatic carbocycles. The number of carbonyl (C=O) groups excluding carboxylic acids is 2. The molecule has 0 saturated carbocycles. The van der Waals surface area contributed by atoms with Crippen molar-refractivity contribution in [2.24, 2.45) is 0 Å². The lowest BCUT2D eigenvalue weighted by atomic mass is 10.3. The molecule has 0 bridgehead atoms. The lowest BCUT2D eigenvalue weighted by Gasteiger charge is -2.19. The van der Waals surface area contributed by atoms with E-state index in [-0.39, 0.29) is 23.2 Å². The van der Waals surface area contributed by atoms with Crippen LogP contribution in [0.3, 0.4) is 0 Å². The van der Waals surface area contributed by atoms with Gasteiger partial charge in [0.05, 0.1) is 17.0 Å². The number of anilines is 1. The van der Waals surface area contributed by atoms with Gasteiger partial charge in [-0.15, -0.1) is 0 Å². The normalized spacial score (nSPS) is 13.2. The van der Waals surface area contributed by atoms with E-state index < -0.39 is 33.8 Å². The second-order valence-corrected chi connectivity index (χ2v) is 8.41. The Kier molecular flexibility index (Phi) is 7.90. The number of rotatable bonds is 9. The van der Waals surface area contributed by atoms with E-state index >= 15 is 0 Å². The van der Waals surface area contributed by atoms with Crippen LogP contribution >= 0.6 is 0 Å². The van der Waals surface area contributed by atoms with Crippen molar-refractivity contribution in [1.82, 2.24) is 10.0 Å². The molecule has 3 N–H and O–H groups in total. The SMILES string of the molecule is CC(=O)Nc1ccc(S(=O)(=O)N[C@@H](C)C(=O)NC(C)COc2ccccc2F)cc1. The molecule has 0 radical (unpaired) electrons. The van der Waals surface area contributed by atoms with Gasteiger partial charge in [-0.3, -0.25) is 9.59 Å². The van der Waals surface area contributed by atoms with Crippen molar-refractivity contribution < 1.29 is 27.1 Å². The van der Waals surface area contributed by atoms with Crippen molar-refractivity contribution in [2.45, 2.75) is 37.8 Å². The Balaban J connectivity index is 1.90. The van der Waals surface area contributed by atoms with Gasteiger partial charge < -0.3 is 15.4 Å². The third kappa shape index (κ3) is 6.82. The Labute approximate surface area is 174 Å². The van der Waals surface area contributed by atoms with Gasteiger partial charge in [0.1, 0.15) is 6.61 Å². The monoisotopic (exact) mass is 437 g/mol. The molecule has 0 aromatic heterocycles. The zero-order valence-corrected chi connectivity index (χ0v) is 17.6. The van der Waals surface area contributed by atoms with Gasteiger partial charge in [-0.05, 0) is 50.2 Å². The highest BCUT2D eigenvalue weighted by atomic mass is 32.2. The third-order valence-corrected chi connectivity index (χ3v) is 5.48. The molecule has 0 fully saturated rings. The van der Waals surface area contributed by atoms with Crippen molar-refractivity contribution in [3.63, 3.8) is 0 Å². The molecule has 0 saturated heterocycles. The molecule has 30 heavy (non-hydrogen) atoms. The number of benzene rings is 2. The molecule has 0 heterocycles. The molecule has 2 rings (SSSR count). The summed E-state index contributed by atoms with van der Waals surface area (Å²) in [7, 11) is -3.95. The molecule has 2 aromatic rings. The van der Waals surface area contributed by atoms with Gasteiger partial charge in [-0.25, -0.2) is 12.8 Å². The molecule has 1 unspecified atom stereocenters. The summed E-state index contributed by atoms with van der Waals surface area (Å²) in [6.45, 7) is 4.41. The minimum absolute atomic E-state index is 0.0107. The molecular formula is C20H24FN3O5S. The Bertz CT molecular complexity index is 996. The van der Waals surface area contributed by atoms with E-state index in [0.29, 0.717) is 5.69 Å². The summed E-state index contributed by atoms with van der Waals surface area (Å²) >= 11 is 0. The van der Waals surface area contributed by atoms with Gasteiger partial charge in [0.25, 0.3) is 0 Å². The van der Waals surface area contributed by atoms with Crippen molar-refractivity contribution in [3.8, 4) is 5.75 Å². The molecule has 8 nitrogen and oxygen atoms in total. The average molecular weight is 437 g/mol. The van der Waals surface area contributed by atoms with Crippen molar-refractivity contribution in [2.75, 3.05) is 11.9 Å². The first kappa shape index (κ1) is 23.3. The maximum atomic E-state index is 13.6. The van der Waals surface area contributed by atoms with E-state index in [0.717, 1.165) is 0 Å². The van der Waals surface area contributed by atoms with Gasteiger partial charge in [0.2, 0.25) is 21.8 Å². The molecule has 2 atom stereocenters. The van der Waals surface area contributed by atoms with Crippen molar-refractivity contribution in [3.05, 3.63) is 54.3 Å². The number of nitrogens with one attached hydrogen (secondary N) is 3. The minimum Gasteiger partial charge on any atom is -0.488 e. The number of ether oxygens (including phenoxy) is 1. The molecule has 0 aliphatic heterocycles. The summed E-state index contributed by atoms with van der Waals surface area (Å²) in [6.07, 6.45) is 0. The number of para-hydroxylation sites is 1. The highest BCUT2D eigenvalue weighted by Crippen LogP contribution is 2.16. The second kappa shape index (κ2) is 10.2. The number of carbonyl (C=O) groups is 2. The van der Waals surface area contributed by atoms with Crippen LogP contribution in [0.15, 0.2) is 53.4 Å². The van der Waals surface area contributed by atoms with Crippen LogP contribution in [-0.4, -0.2) is 38.9 Å². The van der Waals surface area contributed by atoms with Crippen LogP contribution in [0.1, 0.15) is 20.8 Å². The Morgan fingerprint density at radius 1 is 1.07 bits per heavy atom. The zero-order chi connectivity index (χ0) is 22.3. The lowest BCUT2D eigenvalue weighted by Crippen LogP contribution is -2.48. The summed E-state index contributed by atoms with van der Waals surface area (Å²) in [6, 6.07) is 9.89. The van der Waals surface area contributed by atoms with E-state index in [1.165, 1.54) is 56.3 Å². The highest BCUT2D eigenvalue weighted by molar-refractivity contribution is 7.89. The largest absolute Gasteiger partial charge is 0.488 e. The van der Waals surface area contributed by atoms with Crippen molar-refractivity contribution in [1.29, 1.82) is 0 Å². The minimum atomic E-state index is -3.95. The molecule has 10 heteroatoms. The van der Waals surface area contributed by atoms with E-state index in [1.807, 2.05) is 0 Å². The average Bonchev–Trinajstić information content (AvgIpc) is 2.67. The Morgan fingerprint density at radius 2 is 1.70 bits per heavy atom. The first-order valence-corrected chi connectivity index (χ1v) is 10.6. The third-order valence-electron chi connectivity index (χ3n) is 3.92. The van der Waals surface area contributed by atoms with Crippen LogP contribution in [0.2, 0.25) is 0 Å². The first-order valence-electron chi connectivity index (χ1n) is 9.16. The fourth-order valence-electron chi connectivity index (χ4n) is 2.46. The molecule has 0 aliphatic rings. The van der Waals surface area contributed by atoms with Crippen LogP contribution in [-0.2, 0) is 19.6 Å². The number of sulfonamides is 1. The molecule has 162 valence electrons. The summed E-state index contributed by atoms with van der Waals surface area (Å²) < 4.78 is 46.1. The Morgan fingerprint density at radius 3 is 2.30 bits per heavy atom. The van der Waals surface area contributed by atoms with E-state index in [2.05, 4.69) is 15.4 Å². The topological polar surface area (TPSA) is 114 Å². The molecule has 2 aromatic carbocycles. The number of halogens is 1. The fourth-order valence-corrected chi connectivity index (χ4v) is 3.66. The summed E-state index contributed by atoms with van der Waals surface area (Å²) in [5.41, 5.74) is 0.455. The second-order valence-electron chi connectivity index (χ2n) is 6.70. The number of hydrogen-bond acceptors (Lipinski definition) is 5. The van der Waals surface area contributed by atoms with E-state index in [4.69, 9.17) is 4.74 Å². The van der Waals surface area contributed by atoms with E-state index in [9.17, 15) is 22.4 Å². The highest BCUT2D eigenvalue weighted by Gasteiger charge is 2.23. The first-order chi connectivity index (χ1) is 14.1. The predicted octanol–water partition coefficient (Wildman–Crippen LogP) is 2.03. The summed E-state index contributed by atoms with van der Waals surface area (Å²) in [4.78, 5) is 23.3. The van der Waals surface area contributed by atoms with Crippen LogP contribution < -0.4 is 20.1 Å². The summed E-state index contributed by atoms with van der Waals surface area (Å²) in [5, 5.41) is 5.15. The van der Waals surface area contributed by atoms with Gasteiger partial charge in [0.15, 0.2) is 11.6 Å². The molecule has 0 spiro atoms. The Hall–Kier alpha value is -2.98. The van der Waals surface area contributed by atoms with Crippen molar-refractivity contribution >= 4 is 27.5 Å². The van der Waals surface area contributed by atoms with Gasteiger partial charge in [0, 0.05) is 12.6 Å². The molecular weight excluding hydrogens is 413 g/mol. The smallest absolute Gasteiger partial charge is 0.241 e. The van der Waals surface area contributed by atoms with Crippen LogP contribution in [0.5, 0.6) is 5.75 Å². The van der Waals surface area contributed by atoms with Gasteiger partial charge in [-0.1, -0.05) is 12.1 Å².